The Kier molecular flexibility index (Phi) is 4.80. The average molecular weight is 231 g/mol. The minimum atomic E-state index is -1.41. The van der Waals surface area contributed by atoms with Crippen LogP contribution in [-0.4, -0.2) is 6.04 Å². The number of hydrogen-bond acceptors (Lipinski definition) is 1. The van der Waals surface area contributed by atoms with Gasteiger partial charge in [-0.2, -0.15) is 0 Å². The highest BCUT2D eigenvalue weighted by Gasteiger charge is 2.10. The van der Waals surface area contributed by atoms with Crippen molar-refractivity contribution in [2.24, 2.45) is 0 Å². The summed E-state index contributed by atoms with van der Waals surface area (Å²) in [6.07, 6.45) is 2.03. The standard InChI is InChI=1S/C12H16F3N/c1-3-4-8(2)16-7-9-5-10(13)12(15)11(14)6-9/h5-6,8,16H,3-4,7H2,1-2H3. The Hall–Kier alpha value is -1.03. The van der Waals surface area contributed by atoms with Gasteiger partial charge in [-0.25, -0.2) is 13.2 Å². The van der Waals surface area contributed by atoms with Gasteiger partial charge in [0.2, 0.25) is 0 Å². The molecule has 90 valence electrons. The Balaban J connectivity index is 2.61. The predicted octanol–water partition coefficient (Wildman–Crippen LogP) is 3.38. The van der Waals surface area contributed by atoms with Crippen molar-refractivity contribution in [1.29, 1.82) is 0 Å². The van der Waals surface area contributed by atoms with Crippen LogP contribution in [0.25, 0.3) is 0 Å². The maximum Gasteiger partial charge on any atom is 0.194 e. The summed E-state index contributed by atoms with van der Waals surface area (Å²) in [6, 6.07) is 2.31. The molecule has 1 unspecified atom stereocenters. The van der Waals surface area contributed by atoms with Gasteiger partial charge in [-0.3, -0.25) is 0 Å². The maximum atomic E-state index is 12.9. The first-order valence-corrected chi connectivity index (χ1v) is 5.41. The molecule has 0 amide bonds. The minimum absolute atomic E-state index is 0.279. The van der Waals surface area contributed by atoms with Crippen molar-refractivity contribution in [3.05, 3.63) is 35.1 Å². The van der Waals surface area contributed by atoms with Crippen LogP contribution in [0.3, 0.4) is 0 Å². The molecule has 1 rings (SSSR count). The van der Waals surface area contributed by atoms with E-state index >= 15 is 0 Å². The van der Waals surface area contributed by atoms with Crippen LogP contribution in [0, 0.1) is 17.5 Å². The summed E-state index contributed by atoms with van der Waals surface area (Å²) in [5, 5.41) is 3.12. The van der Waals surface area contributed by atoms with Gasteiger partial charge in [-0.05, 0) is 31.0 Å². The van der Waals surface area contributed by atoms with Crippen molar-refractivity contribution in [2.45, 2.75) is 39.3 Å². The van der Waals surface area contributed by atoms with Gasteiger partial charge in [0.25, 0.3) is 0 Å². The fraction of sp³-hybridized carbons (Fsp3) is 0.500. The van der Waals surface area contributed by atoms with E-state index in [4.69, 9.17) is 0 Å². The van der Waals surface area contributed by atoms with Crippen molar-refractivity contribution in [3.63, 3.8) is 0 Å². The topological polar surface area (TPSA) is 12.0 Å². The highest BCUT2D eigenvalue weighted by molar-refractivity contribution is 5.19. The summed E-state index contributed by atoms with van der Waals surface area (Å²) in [4.78, 5) is 0. The molecule has 1 N–H and O–H groups in total. The Morgan fingerprint density at radius 2 is 1.75 bits per heavy atom. The number of halogens is 3. The van der Waals surface area contributed by atoms with Gasteiger partial charge in [0.1, 0.15) is 0 Å². The summed E-state index contributed by atoms with van der Waals surface area (Å²) >= 11 is 0. The van der Waals surface area contributed by atoms with Crippen LogP contribution in [0.4, 0.5) is 13.2 Å². The zero-order chi connectivity index (χ0) is 12.1. The lowest BCUT2D eigenvalue weighted by Crippen LogP contribution is -2.25. The summed E-state index contributed by atoms with van der Waals surface area (Å²) in [7, 11) is 0. The lowest BCUT2D eigenvalue weighted by Gasteiger charge is -2.12. The van der Waals surface area contributed by atoms with Crippen molar-refractivity contribution in [3.8, 4) is 0 Å². The second kappa shape index (κ2) is 5.89. The molecular weight excluding hydrogens is 215 g/mol. The third-order valence-electron chi connectivity index (χ3n) is 2.42. The molecule has 1 nitrogen and oxygen atoms in total. The van der Waals surface area contributed by atoms with Crippen molar-refractivity contribution < 1.29 is 13.2 Å². The van der Waals surface area contributed by atoms with Gasteiger partial charge in [0.15, 0.2) is 17.5 Å². The Labute approximate surface area is 93.7 Å². The quantitative estimate of drug-likeness (QED) is 0.766. The molecule has 0 fully saturated rings. The van der Waals surface area contributed by atoms with E-state index < -0.39 is 17.5 Å². The van der Waals surface area contributed by atoms with Crippen LogP contribution >= 0.6 is 0 Å². The van der Waals surface area contributed by atoms with Crippen molar-refractivity contribution >= 4 is 0 Å². The third kappa shape index (κ3) is 3.52. The van der Waals surface area contributed by atoms with E-state index in [1.54, 1.807) is 0 Å². The summed E-state index contributed by atoms with van der Waals surface area (Å²) in [5.41, 5.74) is 0.416. The van der Waals surface area contributed by atoms with Crippen LogP contribution in [-0.2, 0) is 6.54 Å². The molecule has 16 heavy (non-hydrogen) atoms. The van der Waals surface area contributed by atoms with Crippen molar-refractivity contribution in [2.75, 3.05) is 0 Å². The normalized spacial score (nSPS) is 12.8. The Bertz CT molecular complexity index is 329. The first kappa shape index (κ1) is 13.0. The van der Waals surface area contributed by atoms with Gasteiger partial charge in [0.05, 0.1) is 0 Å². The summed E-state index contributed by atoms with van der Waals surface area (Å²) in [6.45, 7) is 4.41. The summed E-state index contributed by atoms with van der Waals surface area (Å²) in [5.74, 6) is -3.69. The fourth-order valence-electron chi connectivity index (χ4n) is 1.54. The van der Waals surface area contributed by atoms with Crippen LogP contribution in [0.15, 0.2) is 12.1 Å². The van der Waals surface area contributed by atoms with E-state index in [2.05, 4.69) is 12.2 Å². The molecule has 0 saturated heterocycles. The summed E-state index contributed by atoms with van der Waals surface area (Å²) < 4.78 is 38.4. The molecule has 0 saturated carbocycles. The average Bonchev–Trinajstić information content (AvgIpc) is 2.23. The van der Waals surface area contributed by atoms with Gasteiger partial charge >= 0.3 is 0 Å². The number of rotatable bonds is 5. The highest BCUT2D eigenvalue weighted by Crippen LogP contribution is 2.13. The molecule has 1 aromatic rings. The van der Waals surface area contributed by atoms with E-state index in [1.807, 2.05) is 6.92 Å². The van der Waals surface area contributed by atoms with E-state index in [1.165, 1.54) is 0 Å². The fourth-order valence-corrected chi connectivity index (χ4v) is 1.54. The molecule has 0 heterocycles. The zero-order valence-corrected chi connectivity index (χ0v) is 9.49. The molecule has 0 aromatic heterocycles. The molecule has 0 radical (unpaired) electrons. The second-order valence-electron chi connectivity index (χ2n) is 3.94. The smallest absolute Gasteiger partial charge is 0.194 e. The van der Waals surface area contributed by atoms with Gasteiger partial charge < -0.3 is 5.32 Å². The van der Waals surface area contributed by atoms with E-state index in [9.17, 15) is 13.2 Å². The second-order valence-corrected chi connectivity index (χ2v) is 3.94. The maximum absolute atomic E-state index is 12.9. The van der Waals surface area contributed by atoms with E-state index in [0.717, 1.165) is 25.0 Å². The molecule has 0 aliphatic rings. The lowest BCUT2D eigenvalue weighted by atomic mass is 10.1. The molecule has 0 aliphatic carbocycles. The Morgan fingerprint density at radius 3 is 2.25 bits per heavy atom. The van der Waals surface area contributed by atoms with Crippen LogP contribution in [0.2, 0.25) is 0 Å². The van der Waals surface area contributed by atoms with E-state index in [0.29, 0.717) is 12.1 Å². The van der Waals surface area contributed by atoms with Crippen LogP contribution in [0.1, 0.15) is 32.3 Å². The monoisotopic (exact) mass is 231 g/mol. The molecule has 0 bridgehead atoms. The first-order chi connectivity index (χ1) is 7.54. The minimum Gasteiger partial charge on any atom is -0.310 e. The number of nitrogens with one attached hydrogen (secondary N) is 1. The lowest BCUT2D eigenvalue weighted by molar-refractivity contribution is 0.442. The third-order valence-corrected chi connectivity index (χ3v) is 2.42. The van der Waals surface area contributed by atoms with Gasteiger partial charge in [0, 0.05) is 12.6 Å². The van der Waals surface area contributed by atoms with Gasteiger partial charge in [-0.15, -0.1) is 0 Å². The molecule has 0 aliphatic heterocycles. The molecule has 4 heteroatoms. The number of hydrogen-bond donors (Lipinski definition) is 1. The molecule has 1 atom stereocenters. The SMILES string of the molecule is CCCC(C)NCc1cc(F)c(F)c(F)c1. The molecular formula is C12H16F3N. The first-order valence-electron chi connectivity index (χ1n) is 5.41. The predicted molar refractivity (Wildman–Crippen MR) is 57.5 cm³/mol. The van der Waals surface area contributed by atoms with Gasteiger partial charge in [-0.1, -0.05) is 13.3 Å². The van der Waals surface area contributed by atoms with Crippen molar-refractivity contribution in [1.82, 2.24) is 5.32 Å². The Morgan fingerprint density at radius 1 is 1.19 bits per heavy atom. The van der Waals surface area contributed by atoms with E-state index in [-0.39, 0.29) is 6.04 Å². The highest BCUT2D eigenvalue weighted by atomic mass is 19.2. The molecule has 1 aromatic carbocycles. The zero-order valence-electron chi connectivity index (χ0n) is 9.49. The largest absolute Gasteiger partial charge is 0.310 e. The van der Waals surface area contributed by atoms with Crippen LogP contribution < -0.4 is 5.32 Å². The molecule has 0 spiro atoms. The van der Waals surface area contributed by atoms with Crippen LogP contribution in [0.5, 0.6) is 0 Å². The number of benzene rings is 1.